The number of ether oxygens (including phenoxy) is 1. The molecule has 6 rings (SSSR count). The Balaban J connectivity index is -0.000000536. The number of methoxy groups -OCH3 is 1. The summed E-state index contributed by atoms with van der Waals surface area (Å²) in [5, 5.41) is 7.97. The molecule has 4 aromatic carbocycles. The molecule has 0 atom stereocenters. The third-order valence-corrected chi connectivity index (χ3v) is 6.41. The fourth-order valence-electron chi connectivity index (χ4n) is 4.43. The average Bonchev–Trinajstić information content (AvgIpc) is 3.06. The monoisotopic (exact) mass is 900 g/mol. The molecule has 2 aliphatic rings. The van der Waals surface area contributed by atoms with Gasteiger partial charge in [0.25, 0.3) is 0 Å². The molecule has 4 aromatic rings. The van der Waals surface area contributed by atoms with E-state index in [1.165, 1.54) is 44.5 Å². The van der Waals surface area contributed by atoms with Crippen molar-refractivity contribution in [1.29, 1.82) is 0 Å². The summed E-state index contributed by atoms with van der Waals surface area (Å²) in [5.41, 5.74) is 11.9. The van der Waals surface area contributed by atoms with Gasteiger partial charge in [-0.05, 0) is 82.2 Å². The van der Waals surface area contributed by atoms with Crippen molar-refractivity contribution in [2.24, 2.45) is 0 Å². The maximum absolute atomic E-state index is 7.97. The summed E-state index contributed by atoms with van der Waals surface area (Å²) in [6.07, 6.45) is 5.84. The number of fused-ring (bicyclic) bond motifs is 4. The molecule has 0 bridgehead atoms. The maximum atomic E-state index is 7.97. The van der Waals surface area contributed by atoms with E-state index in [0.29, 0.717) is 6.10 Å². The number of rotatable bonds is 1. The quantitative estimate of drug-likeness (QED) is 0.0771. The number of halogens is 1. The van der Waals surface area contributed by atoms with E-state index in [2.05, 4.69) is 124 Å². The zero-order valence-corrected chi connectivity index (χ0v) is 34.4. The van der Waals surface area contributed by atoms with Gasteiger partial charge in [-0.3, -0.25) is 0 Å². The second kappa shape index (κ2) is 30.1. The van der Waals surface area contributed by atoms with Gasteiger partial charge in [-0.25, -0.2) is 12.2 Å². The van der Waals surface area contributed by atoms with E-state index in [1.54, 1.807) is 21.0 Å². The molecule has 45 heavy (non-hydrogen) atoms. The van der Waals surface area contributed by atoms with Crippen molar-refractivity contribution in [3.8, 4) is 0 Å². The van der Waals surface area contributed by atoms with E-state index >= 15 is 0 Å². The fraction of sp³-hybridized carbons (Fsp3) is 0.350. The number of benzene rings is 4. The van der Waals surface area contributed by atoms with Gasteiger partial charge in [-0.1, -0.05) is 147 Å². The molecule has 0 amide bonds. The molecule has 0 saturated heterocycles. The largest absolute Gasteiger partial charge is 0.563 e. The van der Waals surface area contributed by atoms with E-state index in [1.807, 2.05) is 46.5 Å². The predicted molar refractivity (Wildman–Crippen MR) is 198 cm³/mol. The minimum Gasteiger partial charge on any atom is -0.563 e. The molecule has 1 N–H and O–H groups in total. The van der Waals surface area contributed by atoms with Gasteiger partial charge in [0, 0.05) is 39.0 Å². The van der Waals surface area contributed by atoms with Gasteiger partial charge in [0.05, 0.1) is 0 Å². The summed E-state index contributed by atoms with van der Waals surface area (Å²) in [6.45, 7) is 15.1. The van der Waals surface area contributed by atoms with Gasteiger partial charge >= 0.3 is 0 Å². The summed E-state index contributed by atoms with van der Waals surface area (Å²) < 4.78 is 4.67. The van der Waals surface area contributed by atoms with Crippen LogP contribution >= 0.6 is 22.6 Å². The third-order valence-electron chi connectivity index (χ3n) is 6.41. The summed E-state index contributed by atoms with van der Waals surface area (Å²) in [4.78, 5) is 1.97. The van der Waals surface area contributed by atoms with Crippen LogP contribution in [0.1, 0.15) is 99.9 Å². The van der Waals surface area contributed by atoms with Crippen molar-refractivity contribution in [2.45, 2.75) is 81.1 Å². The van der Waals surface area contributed by atoms with Crippen molar-refractivity contribution >= 4 is 22.6 Å². The molecule has 0 aliphatic heterocycles. The smallest absolute Gasteiger partial charge is 0 e. The van der Waals surface area contributed by atoms with Gasteiger partial charge in [0.15, 0.2) is 0 Å². The zero-order valence-electron chi connectivity index (χ0n) is 29.0. The first kappa shape index (κ1) is 48.2. The van der Waals surface area contributed by atoms with Gasteiger partial charge < -0.3 is 9.84 Å². The Bertz CT molecular complexity index is 990. The fourth-order valence-corrected chi connectivity index (χ4v) is 4.43. The molecule has 2 nitrogen and oxygen atoms in total. The molecular formula is C40H55IO2Rh2-2. The maximum Gasteiger partial charge on any atom is 0 e. The van der Waals surface area contributed by atoms with E-state index < -0.39 is 0 Å². The first-order chi connectivity index (χ1) is 20.9. The summed E-state index contributed by atoms with van der Waals surface area (Å²) in [5.74, 6) is 0. The van der Waals surface area contributed by atoms with Crippen molar-refractivity contribution in [3.05, 3.63) is 154 Å². The van der Waals surface area contributed by atoms with Crippen LogP contribution in [-0.4, -0.2) is 17.1 Å². The van der Waals surface area contributed by atoms with Crippen LogP contribution in [0, 0.1) is 12.2 Å². The molecule has 254 valence electrons. The molecule has 0 heterocycles. The van der Waals surface area contributed by atoms with Gasteiger partial charge in [-0.15, -0.1) is 0 Å². The molecule has 0 unspecified atom stereocenters. The van der Waals surface area contributed by atoms with Crippen molar-refractivity contribution in [3.63, 3.8) is 0 Å². The van der Waals surface area contributed by atoms with Crippen LogP contribution in [0.3, 0.4) is 0 Å². The second-order valence-electron chi connectivity index (χ2n) is 9.84. The van der Waals surface area contributed by atoms with Crippen molar-refractivity contribution in [1.82, 2.24) is 0 Å². The van der Waals surface area contributed by atoms with Crippen LogP contribution < -0.4 is 0 Å². The predicted octanol–water partition coefficient (Wildman–Crippen LogP) is 11.6. The second-order valence-corrected chi connectivity index (χ2v) is 9.84. The number of aliphatic hydroxyl groups is 1. The van der Waals surface area contributed by atoms with Crippen molar-refractivity contribution in [2.75, 3.05) is 12.0 Å². The van der Waals surface area contributed by atoms with Crippen LogP contribution in [0.5, 0.6) is 0 Å². The Morgan fingerprint density at radius 1 is 0.467 bits per heavy atom. The van der Waals surface area contributed by atoms with Crippen LogP contribution in [0.25, 0.3) is 0 Å². The molecule has 0 aromatic heterocycles. The molecule has 2 radical (unpaired) electrons. The molecule has 2 aliphatic carbocycles. The van der Waals surface area contributed by atoms with Crippen LogP contribution in [-0.2, 0) is 69.4 Å². The molecular weight excluding hydrogens is 845 g/mol. The molecule has 0 saturated carbocycles. The Hall–Kier alpha value is -1.22. The Morgan fingerprint density at radius 2 is 0.578 bits per heavy atom. The number of aliphatic hydroxyl groups excluding tert-OH is 1. The minimum absolute atomic E-state index is 0. The molecule has 0 fully saturated rings. The van der Waals surface area contributed by atoms with Crippen LogP contribution in [0.15, 0.2) is 97.1 Å². The first-order valence-electron chi connectivity index (χ1n) is 15.4. The standard InChI is InChI=1S/2C14H12.C4H9O.C3H7O.2C2H6.CH3I.2Rh/c2*1-2-6-12-10-14-8-4-3-7-13(14)9-11(12)5-1;1-4(2)5-3;1-3(2)4;3*1-2;;/h2*1-8H,9-10H2;1-3H3;4H,1-2H3;2*1-2H3;1H3;;/q;;2*-1;;;;;. The van der Waals surface area contributed by atoms with E-state index in [-0.39, 0.29) is 39.0 Å². The normalized spacial score (nSPS) is 10.4. The third kappa shape index (κ3) is 19.3. The number of hydrogen-bond donors (Lipinski definition) is 1. The van der Waals surface area contributed by atoms with Crippen LogP contribution in [0.4, 0.5) is 0 Å². The molecule has 0 spiro atoms. The van der Waals surface area contributed by atoms with E-state index in [0.717, 1.165) is 31.8 Å². The first-order valence-corrected chi connectivity index (χ1v) is 17.5. The zero-order chi connectivity index (χ0) is 32.6. The molecule has 5 heteroatoms. The summed E-state index contributed by atoms with van der Waals surface area (Å²) in [6, 6.07) is 35.0. The SMILES string of the molecule is CC.CC.CI.CO[C-](C)C.C[C-](C)O.[Rh].[Rh].c1ccc2c(c1)Cc1ccccc1C2.c1ccc2c(c1)Cc1ccccc1C2. The minimum atomic E-state index is 0. The topological polar surface area (TPSA) is 29.5 Å². The van der Waals surface area contributed by atoms with Gasteiger partial charge in [-0.2, -0.15) is 27.7 Å². The summed E-state index contributed by atoms with van der Waals surface area (Å²) >= 11 is 2.15. The van der Waals surface area contributed by atoms with E-state index in [9.17, 15) is 0 Å². The average molecular weight is 901 g/mol. The Kier molecular flexibility index (Phi) is 32.3. The van der Waals surface area contributed by atoms with Crippen molar-refractivity contribution < 1.29 is 48.8 Å². The van der Waals surface area contributed by atoms with Gasteiger partial charge in [0.2, 0.25) is 0 Å². The number of hydrogen-bond acceptors (Lipinski definition) is 2. The Labute approximate surface area is 315 Å². The Morgan fingerprint density at radius 3 is 0.667 bits per heavy atom. The van der Waals surface area contributed by atoms with E-state index in [4.69, 9.17) is 5.11 Å². The number of alkyl halides is 1. The van der Waals surface area contributed by atoms with Crippen LogP contribution in [0.2, 0.25) is 0 Å². The van der Waals surface area contributed by atoms with Gasteiger partial charge in [0.1, 0.15) is 0 Å². The summed E-state index contributed by atoms with van der Waals surface area (Å²) in [7, 11) is 1.66.